The molecule has 1 aromatic heterocycles. The summed E-state index contributed by atoms with van der Waals surface area (Å²) in [5.74, 6) is -0.328. The zero-order valence-corrected chi connectivity index (χ0v) is 14.4. The lowest BCUT2D eigenvalue weighted by atomic mass is 10.1. The molecule has 0 atom stereocenters. The number of hydrogen-bond acceptors (Lipinski definition) is 2. The van der Waals surface area contributed by atoms with Crippen LogP contribution >= 0.6 is 31.9 Å². The summed E-state index contributed by atoms with van der Waals surface area (Å²) < 4.78 is 1.66. The van der Waals surface area contributed by atoms with Crippen LogP contribution in [0, 0.1) is 0 Å². The molecule has 4 nitrogen and oxygen atoms in total. The molecule has 0 aliphatic rings. The summed E-state index contributed by atoms with van der Waals surface area (Å²) in [4.78, 5) is 27.0. The number of benzene rings is 2. The zero-order valence-electron chi connectivity index (χ0n) is 11.2. The number of anilines is 1. The Morgan fingerprint density at radius 1 is 1.05 bits per heavy atom. The van der Waals surface area contributed by atoms with Crippen LogP contribution in [0.3, 0.4) is 0 Å². The lowest BCUT2D eigenvalue weighted by molar-refractivity contribution is 0.102. The van der Waals surface area contributed by atoms with Crippen LogP contribution in [0.1, 0.15) is 10.4 Å². The van der Waals surface area contributed by atoms with Crippen molar-refractivity contribution >= 4 is 54.4 Å². The van der Waals surface area contributed by atoms with Gasteiger partial charge in [-0.25, -0.2) is 0 Å². The van der Waals surface area contributed by atoms with E-state index in [9.17, 15) is 9.59 Å². The molecule has 0 bridgehead atoms. The Hall–Kier alpha value is -1.92. The van der Waals surface area contributed by atoms with Gasteiger partial charge >= 0.3 is 0 Å². The minimum Gasteiger partial charge on any atom is -0.322 e. The zero-order chi connectivity index (χ0) is 15.7. The number of carbonyl (C=O) groups excluding carboxylic acids is 1. The van der Waals surface area contributed by atoms with E-state index in [2.05, 4.69) is 42.2 Å². The summed E-state index contributed by atoms with van der Waals surface area (Å²) in [5, 5.41) is 3.52. The molecule has 1 heterocycles. The molecule has 2 aromatic carbocycles. The number of halogens is 2. The predicted molar refractivity (Wildman–Crippen MR) is 94.4 cm³/mol. The van der Waals surface area contributed by atoms with Crippen LogP contribution in [0.2, 0.25) is 0 Å². The summed E-state index contributed by atoms with van der Waals surface area (Å²) >= 11 is 6.76. The van der Waals surface area contributed by atoms with Crippen molar-refractivity contribution in [3.05, 3.63) is 73.4 Å². The van der Waals surface area contributed by atoms with E-state index in [0.717, 1.165) is 8.95 Å². The van der Waals surface area contributed by atoms with Crippen LogP contribution < -0.4 is 10.9 Å². The third kappa shape index (κ3) is 2.98. The summed E-state index contributed by atoms with van der Waals surface area (Å²) in [7, 11) is 0. The lowest BCUT2D eigenvalue weighted by Crippen LogP contribution is -2.17. The Balaban J connectivity index is 2.04. The highest BCUT2D eigenvalue weighted by Gasteiger charge is 2.13. The molecule has 3 rings (SSSR count). The number of H-pyrrole nitrogens is 1. The van der Waals surface area contributed by atoms with Gasteiger partial charge in [-0.2, -0.15) is 0 Å². The first-order valence-corrected chi connectivity index (χ1v) is 8.01. The average molecular weight is 422 g/mol. The van der Waals surface area contributed by atoms with E-state index in [0.29, 0.717) is 22.2 Å². The number of para-hydroxylation sites is 1. The van der Waals surface area contributed by atoms with Gasteiger partial charge in [0.2, 0.25) is 5.56 Å². The topological polar surface area (TPSA) is 62.0 Å². The van der Waals surface area contributed by atoms with Crippen LogP contribution in [-0.2, 0) is 0 Å². The lowest BCUT2D eigenvalue weighted by Gasteiger charge is -2.09. The van der Waals surface area contributed by atoms with Crippen molar-refractivity contribution in [2.24, 2.45) is 0 Å². The molecule has 0 radical (unpaired) electrons. The average Bonchev–Trinajstić information content (AvgIpc) is 2.49. The highest BCUT2D eigenvalue weighted by atomic mass is 79.9. The molecule has 22 heavy (non-hydrogen) atoms. The Kier molecular flexibility index (Phi) is 4.13. The van der Waals surface area contributed by atoms with Crippen molar-refractivity contribution in [3.8, 4) is 0 Å². The first-order chi connectivity index (χ1) is 10.5. The van der Waals surface area contributed by atoms with E-state index >= 15 is 0 Å². The van der Waals surface area contributed by atoms with Crippen LogP contribution in [0.15, 0.2) is 62.3 Å². The van der Waals surface area contributed by atoms with Crippen LogP contribution in [0.4, 0.5) is 5.69 Å². The molecule has 0 fully saturated rings. The summed E-state index contributed by atoms with van der Waals surface area (Å²) in [6.45, 7) is 0. The molecule has 0 saturated heterocycles. The number of amides is 1. The van der Waals surface area contributed by atoms with E-state index in [1.165, 1.54) is 6.07 Å². The second-order valence-corrected chi connectivity index (χ2v) is 6.44. The molecule has 0 aliphatic carbocycles. The molecular weight excluding hydrogens is 412 g/mol. The van der Waals surface area contributed by atoms with Gasteiger partial charge in [0.25, 0.3) is 5.91 Å². The highest BCUT2D eigenvalue weighted by molar-refractivity contribution is 9.11. The van der Waals surface area contributed by atoms with Crippen molar-refractivity contribution < 1.29 is 4.79 Å². The second kappa shape index (κ2) is 6.06. The van der Waals surface area contributed by atoms with E-state index in [1.807, 2.05) is 24.3 Å². The minimum atomic E-state index is -0.328. The molecule has 1 amide bonds. The van der Waals surface area contributed by atoms with Gasteiger partial charge in [-0.15, -0.1) is 0 Å². The molecule has 2 N–H and O–H groups in total. The van der Waals surface area contributed by atoms with E-state index < -0.39 is 0 Å². The molecule has 0 aliphatic heterocycles. The first kappa shape index (κ1) is 15.0. The smallest absolute Gasteiger partial charge is 0.256 e. The fraction of sp³-hybridized carbons (Fsp3) is 0. The SMILES string of the molecule is O=C(Nc1ccc(Br)cc1Br)c1cc(=O)[nH]c2ccccc12. The van der Waals surface area contributed by atoms with Crippen molar-refractivity contribution in [1.82, 2.24) is 4.98 Å². The Bertz CT molecular complexity index is 935. The highest BCUT2D eigenvalue weighted by Crippen LogP contribution is 2.27. The monoisotopic (exact) mass is 420 g/mol. The Labute approximate surface area is 142 Å². The maximum Gasteiger partial charge on any atom is 0.256 e. The summed E-state index contributed by atoms with van der Waals surface area (Å²) in [6.07, 6.45) is 0. The molecule has 6 heteroatoms. The fourth-order valence-corrected chi connectivity index (χ4v) is 3.32. The van der Waals surface area contributed by atoms with Crippen molar-refractivity contribution in [3.63, 3.8) is 0 Å². The number of rotatable bonds is 2. The van der Waals surface area contributed by atoms with Crippen LogP contribution in [0.5, 0.6) is 0 Å². The number of aromatic nitrogens is 1. The fourth-order valence-electron chi connectivity index (χ4n) is 2.17. The number of nitrogens with one attached hydrogen (secondary N) is 2. The third-order valence-electron chi connectivity index (χ3n) is 3.17. The van der Waals surface area contributed by atoms with Gasteiger partial charge in [-0.05, 0) is 40.2 Å². The molecule has 0 saturated carbocycles. The van der Waals surface area contributed by atoms with Gasteiger partial charge in [0.05, 0.1) is 11.3 Å². The second-order valence-electron chi connectivity index (χ2n) is 4.67. The standard InChI is InChI=1S/C16H10Br2N2O2/c17-9-5-6-14(12(18)7-9)20-16(22)11-8-15(21)19-13-4-2-1-3-10(11)13/h1-8H,(H,19,21)(H,20,22). The number of fused-ring (bicyclic) bond motifs is 1. The van der Waals surface area contributed by atoms with Crippen molar-refractivity contribution in [2.45, 2.75) is 0 Å². The van der Waals surface area contributed by atoms with Gasteiger partial charge in [0.15, 0.2) is 0 Å². The maximum atomic E-state index is 12.5. The quantitative estimate of drug-likeness (QED) is 0.647. The molecule has 110 valence electrons. The van der Waals surface area contributed by atoms with Gasteiger partial charge in [0, 0.05) is 25.9 Å². The van der Waals surface area contributed by atoms with E-state index in [1.54, 1.807) is 18.2 Å². The summed E-state index contributed by atoms with van der Waals surface area (Å²) in [6, 6.07) is 14.0. The number of pyridine rings is 1. The van der Waals surface area contributed by atoms with Gasteiger partial charge in [-0.3, -0.25) is 9.59 Å². The number of carbonyl (C=O) groups is 1. The molecule has 3 aromatic rings. The number of aromatic amines is 1. The van der Waals surface area contributed by atoms with Crippen molar-refractivity contribution in [1.29, 1.82) is 0 Å². The molecular formula is C16H10Br2N2O2. The van der Waals surface area contributed by atoms with Gasteiger partial charge in [0.1, 0.15) is 0 Å². The van der Waals surface area contributed by atoms with Crippen LogP contribution in [0.25, 0.3) is 10.9 Å². The first-order valence-electron chi connectivity index (χ1n) is 6.43. The minimum absolute atomic E-state index is 0.307. The Morgan fingerprint density at radius 3 is 2.59 bits per heavy atom. The van der Waals surface area contributed by atoms with Crippen molar-refractivity contribution in [2.75, 3.05) is 5.32 Å². The summed E-state index contributed by atoms with van der Waals surface area (Å²) in [5.41, 5.74) is 1.31. The number of hydrogen-bond donors (Lipinski definition) is 2. The van der Waals surface area contributed by atoms with E-state index in [-0.39, 0.29) is 11.5 Å². The largest absolute Gasteiger partial charge is 0.322 e. The molecule has 0 unspecified atom stereocenters. The predicted octanol–water partition coefficient (Wildman–Crippen LogP) is 4.31. The maximum absolute atomic E-state index is 12.5. The van der Waals surface area contributed by atoms with Gasteiger partial charge < -0.3 is 10.3 Å². The van der Waals surface area contributed by atoms with E-state index in [4.69, 9.17) is 0 Å². The Morgan fingerprint density at radius 2 is 1.82 bits per heavy atom. The van der Waals surface area contributed by atoms with Crippen LogP contribution in [-0.4, -0.2) is 10.9 Å². The normalized spacial score (nSPS) is 10.6. The van der Waals surface area contributed by atoms with Gasteiger partial charge in [-0.1, -0.05) is 34.1 Å². The molecule has 0 spiro atoms. The third-order valence-corrected chi connectivity index (χ3v) is 4.32.